The van der Waals surface area contributed by atoms with Gasteiger partial charge < -0.3 is 9.73 Å². The Labute approximate surface area is 120 Å². The lowest BCUT2D eigenvalue weighted by Crippen LogP contribution is -2.03. The maximum absolute atomic E-state index is 12.3. The van der Waals surface area contributed by atoms with Crippen molar-refractivity contribution >= 4 is 5.95 Å². The Kier molecular flexibility index (Phi) is 3.81. The SMILES string of the molecule is FCc1nnc(-c2cnc(NCc3ccccc3)nc2)o1. The Morgan fingerprint density at radius 1 is 1.05 bits per heavy atom. The van der Waals surface area contributed by atoms with E-state index in [1.165, 1.54) is 0 Å². The summed E-state index contributed by atoms with van der Waals surface area (Å²) in [6.07, 6.45) is 3.10. The van der Waals surface area contributed by atoms with Gasteiger partial charge in [0.25, 0.3) is 5.89 Å². The maximum atomic E-state index is 12.3. The van der Waals surface area contributed by atoms with Gasteiger partial charge >= 0.3 is 0 Å². The summed E-state index contributed by atoms with van der Waals surface area (Å²) in [6.45, 7) is -0.155. The molecule has 0 spiro atoms. The van der Waals surface area contributed by atoms with E-state index in [0.717, 1.165) is 5.56 Å². The van der Waals surface area contributed by atoms with Crippen LogP contribution in [0, 0.1) is 0 Å². The summed E-state index contributed by atoms with van der Waals surface area (Å²) in [5.74, 6) is 0.640. The average molecular weight is 285 g/mol. The van der Waals surface area contributed by atoms with Gasteiger partial charge in [-0.2, -0.15) is 0 Å². The first-order valence-electron chi connectivity index (χ1n) is 6.34. The largest absolute Gasteiger partial charge is 0.418 e. The van der Waals surface area contributed by atoms with Crippen LogP contribution in [0.25, 0.3) is 11.5 Å². The van der Waals surface area contributed by atoms with Gasteiger partial charge in [-0.1, -0.05) is 30.3 Å². The molecular weight excluding hydrogens is 273 g/mol. The molecule has 0 aliphatic rings. The Bertz CT molecular complexity index is 699. The average Bonchev–Trinajstić information content (AvgIpc) is 3.03. The van der Waals surface area contributed by atoms with E-state index in [4.69, 9.17) is 4.42 Å². The standard InChI is InChI=1S/C14H12FN5O/c15-6-12-19-20-13(21-12)11-8-17-14(18-9-11)16-7-10-4-2-1-3-5-10/h1-5,8-9H,6-7H2,(H,16,17,18). The Hall–Kier alpha value is -2.83. The summed E-state index contributed by atoms with van der Waals surface area (Å²) in [7, 11) is 0. The van der Waals surface area contributed by atoms with Crippen LogP contribution in [-0.2, 0) is 13.2 Å². The van der Waals surface area contributed by atoms with Crippen molar-refractivity contribution in [2.75, 3.05) is 5.32 Å². The van der Waals surface area contributed by atoms with Crippen molar-refractivity contribution in [3.05, 3.63) is 54.2 Å². The molecule has 2 heterocycles. The predicted octanol–water partition coefficient (Wildman–Crippen LogP) is 2.61. The van der Waals surface area contributed by atoms with Crippen LogP contribution in [0.5, 0.6) is 0 Å². The van der Waals surface area contributed by atoms with Crippen LogP contribution in [0.3, 0.4) is 0 Å². The minimum atomic E-state index is -0.787. The Balaban J connectivity index is 1.66. The third-order valence-corrected chi connectivity index (χ3v) is 2.77. The van der Waals surface area contributed by atoms with E-state index < -0.39 is 6.67 Å². The van der Waals surface area contributed by atoms with Gasteiger partial charge in [0.15, 0.2) is 6.67 Å². The molecule has 0 saturated carbocycles. The molecule has 3 rings (SSSR count). The van der Waals surface area contributed by atoms with Crippen LogP contribution in [0.4, 0.5) is 10.3 Å². The van der Waals surface area contributed by atoms with Gasteiger partial charge in [0.05, 0.1) is 5.56 Å². The normalized spacial score (nSPS) is 10.5. The Morgan fingerprint density at radius 3 is 2.48 bits per heavy atom. The lowest BCUT2D eigenvalue weighted by molar-refractivity contribution is 0.385. The fraction of sp³-hybridized carbons (Fsp3) is 0.143. The van der Waals surface area contributed by atoms with E-state index in [1.807, 2.05) is 30.3 Å². The number of benzene rings is 1. The fourth-order valence-electron chi connectivity index (χ4n) is 1.73. The van der Waals surface area contributed by atoms with Crippen molar-refractivity contribution in [3.63, 3.8) is 0 Å². The second kappa shape index (κ2) is 6.08. The number of rotatable bonds is 5. The zero-order chi connectivity index (χ0) is 14.5. The van der Waals surface area contributed by atoms with Crippen LogP contribution in [0.2, 0.25) is 0 Å². The molecule has 0 radical (unpaired) electrons. The van der Waals surface area contributed by atoms with E-state index >= 15 is 0 Å². The van der Waals surface area contributed by atoms with Crippen molar-refractivity contribution in [1.82, 2.24) is 20.2 Å². The van der Waals surface area contributed by atoms with E-state index in [1.54, 1.807) is 12.4 Å². The molecule has 0 bridgehead atoms. The van der Waals surface area contributed by atoms with Crippen molar-refractivity contribution in [2.24, 2.45) is 0 Å². The van der Waals surface area contributed by atoms with Crippen molar-refractivity contribution in [1.29, 1.82) is 0 Å². The summed E-state index contributed by atoms with van der Waals surface area (Å²) in [5, 5.41) is 10.4. The number of halogens is 1. The van der Waals surface area contributed by atoms with Gasteiger partial charge in [-0.25, -0.2) is 14.4 Å². The summed E-state index contributed by atoms with van der Waals surface area (Å²) >= 11 is 0. The highest BCUT2D eigenvalue weighted by atomic mass is 19.1. The van der Waals surface area contributed by atoms with E-state index in [9.17, 15) is 4.39 Å². The molecule has 21 heavy (non-hydrogen) atoms. The lowest BCUT2D eigenvalue weighted by atomic mass is 10.2. The van der Waals surface area contributed by atoms with Gasteiger partial charge in [0.2, 0.25) is 11.8 Å². The third-order valence-electron chi connectivity index (χ3n) is 2.77. The number of nitrogens with zero attached hydrogens (tertiary/aromatic N) is 4. The van der Waals surface area contributed by atoms with Crippen LogP contribution >= 0.6 is 0 Å². The zero-order valence-corrected chi connectivity index (χ0v) is 11.0. The van der Waals surface area contributed by atoms with Gasteiger partial charge in [0, 0.05) is 18.9 Å². The smallest absolute Gasteiger partial charge is 0.251 e. The number of nitrogens with one attached hydrogen (secondary N) is 1. The second-order valence-electron chi connectivity index (χ2n) is 4.27. The molecular formula is C14H12FN5O. The zero-order valence-electron chi connectivity index (χ0n) is 11.0. The number of hydrogen-bond donors (Lipinski definition) is 1. The minimum absolute atomic E-state index is 0.0590. The van der Waals surface area contributed by atoms with Gasteiger partial charge in [-0.15, -0.1) is 10.2 Å². The fourth-order valence-corrected chi connectivity index (χ4v) is 1.73. The molecule has 3 aromatic rings. The molecule has 0 aliphatic carbocycles. The molecule has 2 aromatic heterocycles. The van der Waals surface area contributed by atoms with Gasteiger partial charge in [0.1, 0.15) is 0 Å². The highest BCUT2D eigenvalue weighted by Crippen LogP contribution is 2.17. The highest BCUT2D eigenvalue weighted by molar-refractivity contribution is 5.50. The lowest BCUT2D eigenvalue weighted by Gasteiger charge is -2.04. The first-order valence-corrected chi connectivity index (χ1v) is 6.34. The van der Waals surface area contributed by atoms with Crippen molar-refractivity contribution in [2.45, 2.75) is 13.2 Å². The summed E-state index contributed by atoms with van der Waals surface area (Å²) in [4.78, 5) is 8.32. The van der Waals surface area contributed by atoms with Crippen LogP contribution < -0.4 is 5.32 Å². The number of alkyl halides is 1. The maximum Gasteiger partial charge on any atom is 0.251 e. The predicted molar refractivity (Wildman–Crippen MR) is 73.9 cm³/mol. The summed E-state index contributed by atoms with van der Waals surface area (Å²) in [6, 6.07) is 9.93. The summed E-state index contributed by atoms with van der Waals surface area (Å²) < 4.78 is 17.4. The van der Waals surface area contributed by atoms with Gasteiger partial charge in [-0.3, -0.25) is 0 Å². The monoisotopic (exact) mass is 285 g/mol. The van der Waals surface area contributed by atoms with Crippen LogP contribution in [-0.4, -0.2) is 20.2 Å². The first-order chi connectivity index (χ1) is 10.3. The number of anilines is 1. The van der Waals surface area contributed by atoms with E-state index in [0.29, 0.717) is 18.1 Å². The van der Waals surface area contributed by atoms with E-state index in [2.05, 4.69) is 25.5 Å². The quantitative estimate of drug-likeness (QED) is 0.776. The molecule has 6 nitrogen and oxygen atoms in total. The molecule has 1 aromatic carbocycles. The molecule has 7 heteroatoms. The molecule has 0 amide bonds. The topological polar surface area (TPSA) is 76.7 Å². The van der Waals surface area contributed by atoms with Gasteiger partial charge in [-0.05, 0) is 5.56 Å². The van der Waals surface area contributed by atoms with Crippen LogP contribution in [0.1, 0.15) is 11.5 Å². The summed E-state index contributed by atoms with van der Waals surface area (Å²) in [5.41, 5.74) is 1.68. The molecule has 0 saturated heterocycles. The molecule has 1 N–H and O–H groups in total. The molecule has 0 atom stereocenters. The molecule has 0 aliphatic heterocycles. The second-order valence-corrected chi connectivity index (χ2v) is 4.27. The number of hydrogen-bond acceptors (Lipinski definition) is 6. The first kappa shape index (κ1) is 13.2. The molecule has 0 unspecified atom stereocenters. The Morgan fingerprint density at radius 2 is 1.81 bits per heavy atom. The highest BCUT2D eigenvalue weighted by Gasteiger charge is 2.09. The molecule has 106 valence electrons. The van der Waals surface area contributed by atoms with E-state index in [-0.39, 0.29) is 11.8 Å². The third kappa shape index (κ3) is 3.19. The number of aromatic nitrogens is 4. The van der Waals surface area contributed by atoms with Crippen LogP contribution in [0.15, 0.2) is 47.1 Å². The minimum Gasteiger partial charge on any atom is -0.418 e. The molecule has 0 fully saturated rings. The van der Waals surface area contributed by atoms with Crippen molar-refractivity contribution in [3.8, 4) is 11.5 Å². The van der Waals surface area contributed by atoms with Crippen molar-refractivity contribution < 1.29 is 8.81 Å².